The minimum absolute atomic E-state index is 0.638. The summed E-state index contributed by atoms with van der Waals surface area (Å²) in [5.41, 5.74) is 2.58. The molecule has 0 radical (unpaired) electrons. The zero-order valence-corrected chi connectivity index (χ0v) is 27.4. The molecule has 4 aliphatic carbocycles. The minimum atomic E-state index is 0.638. The molecule has 0 heterocycles. The van der Waals surface area contributed by atoms with Crippen molar-refractivity contribution in [1.29, 1.82) is 0 Å². The smallest absolute Gasteiger partial charge is 0.0349 e. The molecule has 4 rings (SSSR count). The molecule has 210 valence electrons. The van der Waals surface area contributed by atoms with Crippen LogP contribution in [0.25, 0.3) is 0 Å². The maximum absolute atomic E-state index is 2.38. The second-order valence-corrected chi connectivity index (χ2v) is 17.6. The third-order valence-electron chi connectivity index (χ3n) is 10.4. The first kappa shape index (κ1) is 33.0. The van der Waals surface area contributed by atoms with Gasteiger partial charge >= 0.3 is 0 Å². The Kier molecular flexibility index (Phi) is 12.0. The number of hydrogen-bond acceptors (Lipinski definition) is 0. The van der Waals surface area contributed by atoms with E-state index in [9.17, 15) is 0 Å². The summed E-state index contributed by atoms with van der Waals surface area (Å²) in [7, 11) is 0. The van der Waals surface area contributed by atoms with E-state index in [1.807, 2.05) is 0 Å². The first-order valence-electron chi connectivity index (χ1n) is 15.6. The van der Waals surface area contributed by atoms with Gasteiger partial charge in [0.2, 0.25) is 0 Å². The molecular formula is C35H70. The van der Waals surface area contributed by atoms with E-state index in [-0.39, 0.29) is 0 Å². The largest absolute Gasteiger partial charge is 0.0625 e. The fourth-order valence-corrected chi connectivity index (χ4v) is 8.47. The SMILES string of the molecule is CC1CC(C)(C)CC1C.C[C@@H]1CC(C)(C)C[C@@H]1C.C[C@@H]1CCC(C)(C)C1.C[C@H]1CC(C)(C)C[C@@H]1C. The molecule has 7 atom stereocenters. The summed E-state index contributed by atoms with van der Waals surface area (Å²) in [5, 5.41) is 0. The summed E-state index contributed by atoms with van der Waals surface area (Å²) in [6.45, 7) is 35.6. The average Bonchev–Trinajstić information content (AvgIpc) is 3.25. The summed E-state index contributed by atoms with van der Waals surface area (Å²) in [4.78, 5) is 0. The van der Waals surface area contributed by atoms with Crippen molar-refractivity contribution in [2.24, 2.45) is 63.1 Å². The number of hydrogen-bond donors (Lipinski definition) is 0. The molecule has 0 aromatic rings. The van der Waals surface area contributed by atoms with Crippen molar-refractivity contribution in [2.75, 3.05) is 0 Å². The van der Waals surface area contributed by atoms with Crippen molar-refractivity contribution in [3.8, 4) is 0 Å². The highest BCUT2D eigenvalue weighted by Crippen LogP contribution is 2.46. The van der Waals surface area contributed by atoms with E-state index in [1.165, 1.54) is 57.8 Å². The molecule has 0 nitrogen and oxygen atoms in total. The summed E-state index contributed by atoms with van der Waals surface area (Å²) < 4.78 is 0. The summed E-state index contributed by atoms with van der Waals surface area (Å²) >= 11 is 0. The molecule has 0 aromatic heterocycles. The van der Waals surface area contributed by atoms with Crippen LogP contribution >= 0.6 is 0 Å². The van der Waals surface area contributed by atoms with Crippen molar-refractivity contribution >= 4 is 0 Å². The molecule has 0 amide bonds. The van der Waals surface area contributed by atoms with Crippen LogP contribution in [0, 0.1) is 63.1 Å². The lowest BCUT2D eigenvalue weighted by atomic mass is 9.91. The third kappa shape index (κ3) is 12.4. The predicted molar refractivity (Wildman–Crippen MR) is 161 cm³/mol. The van der Waals surface area contributed by atoms with Gasteiger partial charge in [0.1, 0.15) is 0 Å². The van der Waals surface area contributed by atoms with Gasteiger partial charge in [0.15, 0.2) is 0 Å². The fraction of sp³-hybridized carbons (Fsp3) is 1.00. The van der Waals surface area contributed by atoms with Crippen molar-refractivity contribution in [3.05, 3.63) is 0 Å². The van der Waals surface area contributed by atoms with Crippen molar-refractivity contribution in [2.45, 2.75) is 162 Å². The fourth-order valence-electron chi connectivity index (χ4n) is 8.47. The first-order chi connectivity index (χ1) is 15.6. The topological polar surface area (TPSA) is 0 Å². The second-order valence-electron chi connectivity index (χ2n) is 17.6. The molecule has 2 unspecified atom stereocenters. The molecule has 35 heavy (non-hydrogen) atoms. The van der Waals surface area contributed by atoms with E-state index < -0.39 is 0 Å². The van der Waals surface area contributed by atoms with Crippen LogP contribution in [0.4, 0.5) is 0 Å². The highest BCUT2D eigenvalue weighted by atomic mass is 14.4. The summed E-state index contributed by atoms with van der Waals surface area (Å²) in [6, 6.07) is 0. The predicted octanol–water partition coefficient (Wildman–Crippen LogP) is 12.1. The standard InChI is InChI=1S/3C9H18.C8H16/c3*1-7-5-9(3,4)6-8(7)2;1-7-4-5-8(2,3)6-7/h3*7-8H,5-6H2,1-4H3;7H,4-6H2,1-3H3/t7-,8+;7-,8-;;7-/m.0.1/s1. The van der Waals surface area contributed by atoms with E-state index in [0.29, 0.717) is 21.7 Å². The van der Waals surface area contributed by atoms with Gasteiger partial charge in [0.05, 0.1) is 0 Å². The Balaban J connectivity index is 0.000000234. The monoisotopic (exact) mass is 491 g/mol. The third-order valence-corrected chi connectivity index (χ3v) is 10.4. The van der Waals surface area contributed by atoms with E-state index >= 15 is 0 Å². The van der Waals surface area contributed by atoms with Gasteiger partial charge in [-0.1, -0.05) is 110 Å². The Morgan fingerprint density at radius 2 is 0.571 bits per heavy atom. The van der Waals surface area contributed by atoms with Crippen LogP contribution in [-0.4, -0.2) is 0 Å². The maximum Gasteiger partial charge on any atom is -0.0349 e. The molecule has 0 spiro atoms. The van der Waals surface area contributed by atoms with E-state index in [2.05, 4.69) is 104 Å². The molecule has 0 aromatic carbocycles. The van der Waals surface area contributed by atoms with Crippen LogP contribution in [0.15, 0.2) is 0 Å². The molecule has 4 saturated carbocycles. The average molecular weight is 491 g/mol. The molecule has 0 heteroatoms. The van der Waals surface area contributed by atoms with Gasteiger partial charge in [-0.2, -0.15) is 0 Å². The van der Waals surface area contributed by atoms with Gasteiger partial charge < -0.3 is 0 Å². The molecule has 0 aliphatic heterocycles. The summed E-state index contributed by atoms with van der Waals surface area (Å²) in [6.07, 6.45) is 12.9. The normalized spacial score (nSPS) is 40.0. The van der Waals surface area contributed by atoms with Gasteiger partial charge in [-0.3, -0.25) is 0 Å². The van der Waals surface area contributed by atoms with Crippen LogP contribution in [-0.2, 0) is 0 Å². The Labute approximate surface area is 224 Å². The van der Waals surface area contributed by atoms with Gasteiger partial charge in [0, 0.05) is 0 Å². The molecular weight excluding hydrogens is 420 g/mol. The molecule has 4 fully saturated rings. The van der Waals surface area contributed by atoms with Crippen molar-refractivity contribution < 1.29 is 0 Å². The van der Waals surface area contributed by atoms with Crippen LogP contribution in [0.2, 0.25) is 0 Å². The number of rotatable bonds is 0. The van der Waals surface area contributed by atoms with E-state index in [1.54, 1.807) is 0 Å². The first-order valence-corrected chi connectivity index (χ1v) is 15.6. The van der Waals surface area contributed by atoms with Gasteiger partial charge in [-0.15, -0.1) is 0 Å². The van der Waals surface area contributed by atoms with Crippen molar-refractivity contribution in [1.82, 2.24) is 0 Å². The molecule has 0 saturated heterocycles. The zero-order valence-electron chi connectivity index (χ0n) is 27.4. The quantitative estimate of drug-likeness (QED) is 0.316. The van der Waals surface area contributed by atoms with Gasteiger partial charge in [-0.05, 0) is 114 Å². The highest BCUT2D eigenvalue weighted by Gasteiger charge is 2.35. The lowest BCUT2D eigenvalue weighted by Crippen LogP contribution is -2.03. The van der Waals surface area contributed by atoms with Crippen LogP contribution in [0.5, 0.6) is 0 Å². The highest BCUT2D eigenvalue weighted by molar-refractivity contribution is 4.86. The minimum Gasteiger partial charge on any atom is -0.0625 e. The van der Waals surface area contributed by atoms with E-state index in [4.69, 9.17) is 0 Å². The van der Waals surface area contributed by atoms with E-state index in [0.717, 1.165) is 41.4 Å². The lowest BCUT2D eigenvalue weighted by Gasteiger charge is -2.15. The Morgan fingerprint density at radius 3 is 0.629 bits per heavy atom. The maximum atomic E-state index is 2.38. The van der Waals surface area contributed by atoms with Gasteiger partial charge in [-0.25, -0.2) is 0 Å². The molecule has 4 aliphatic rings. The lowest BCUT2D eigenvalue weighted by molar-refractivity contribution is 0.362. The summed E-state index contributed by atoms with van der Waals surface area (Å²) in [5.74, 6) is 6.74. The Morgan fingerprint density at radius 1 is 0.343 bits per heavy atom. The molecule has 0 bridgehead atoms. The van der Waals surface area contributed by atoms with Gasteiger partial charge in [0.25, 0.3) is 0 Å². The second kappa shape index (κ2) is 12.7. The van der Waals surface area contributed by atoms with Crippen LogP contribution < -0.4 is 0 Å². The molecule has 0 N–H and O–H groups in total. The Bertz CT molecular complexity index is 503. The van der Waals surface area contributed by atoms with Crippen LogP contribution in [0.3, 0.4) is 0 Å². The van der Waals surface area contributed by atoms with Crippen LogP contribution in [0.1, 0.15) is 162 Å². The van der Waals surface area contributed by atoms with Crippen molar-refractivity contribution in [3.63, 3.8) is 0 Å². The Hall–Kier alpha value is 0. The zero-order chi connectivity index (χ0) is 27.4.